The largest absolute Gasteiger partial charge is 0.480 e. The van der Waals surface area contributed by atoms with Crippen molar-refractivity contribution in [1.82, 2.24) is 25.3 Å². The molecule has 0 bridgehead atoms. The second-order valence-corrected chi connectivity index (χ2v) is 11.5. The number of aliphatic carboxylic acids is 1. The molecule has 3 aliphatic rings. The molecule has 0 aliphatic carbocycles. The van der Waals surface area contributed by atoms with Gasteiger partial charge in [-0.15, -0.1) is 0 Å². The van der Waals surface area contributed by atoms with Crippen molar-refractivity contribution in [2.45, 2.75) is 49.0 Å². The van der Waals surface area contributed by atoms with Gasteiger partial charge in [0, 0.05) is 19.6 Å². The first-order valence-corrected chi connectivity index (χ1v) is 12.8. The highest BCUT2D eigenvalue weighted by Gasteiger charge is 2.68. The average molecular weight is 534 g/mol. The number of β-lactam (4-membered cyclic amide) rings is 1. The SMILES string of the molecule is CCN1CCN(C(=O)N[C@@H](C(=O)N[C@@H]2C(=O)N3[C@@H]2[S@](=O)C(C)(C)[C@@H]3C(=O)O)c2ccccc2)C(=O)C1=O. The predicted octanol–water partition coefficient (Wildman–Crippen LogP) is -1.22. The summed E-state index contributed by atoms with van der Waals surface area (Å²) in [6.45, 7) is 5.07. The van der Waals surface area contributed by atoms with Gasteiger partial charge in [0.1, 0.15) is 23.5 Å². The van der Waals surface area contributed by atoms with Gasteiger partial charge in [0.05, 0.1) is 15.5 Å². The van der Waals surface area contributed by atoms with Crippen molar-refractivity contribution in [3.63, 3.8) is 0 Å². The van der Waals surface area contributed by atoms with E-state index in [-0.39, 0.29) is 13.1 Å². The van der Waals surface area contributed by atoms with E-state index in [0.29, 0.717) is 12.1 Å². The lowest BCUT2D eigenvalue weighted by Crippen LogP contribution is -2.72. The van der Waals surface area contributed by atoms with E-state index in [2.05, 4.69) is 10.6 Å². The number of carbonyl (C=O) groups excluding carboxylic acids is 5. The van der Waals surface area contributed by atoms with Gasteiger partial charge in [0.15, 0.2) is 0 Å². The van der Waals surface area contributed by atoms with Crippen molar-refractivity contribution in [3.8, 4) is 0 Å². The van der Waals surface area contributed by atoms with E-state index in [1.54, 1.807) is 37.3 Å². The van der Waals surface area contributed by atoms with Crippen LogP contribution in [-0.2, 0) is 34.8 Å². The molecule has 3 fully saturated rings. The zero-order chi connectivity index (χ0) is 27.2. The number of imide groups is 1. The topological polar surface area (TPSA) is 173 Å². The number of carbonyl (C=O) groups is 6. The molecule has 14 heteroatoms. The van der Waals surface area contributed by atoms with E-state index < -0.39 is 74.7 Å². The molecule has 1 aromatic carbocycles. The number of likely N-dealkylation sites (N-methyl/N-ethyl adjacent to an activating group) is 1. The van der Waals surface area contributed by atoms with Gasteiger partial charge < -0.3 is 25.5 Å². The monoisotopic (exact) mass is 533 g/mol. The quantitative estimate of drug-likeness (QED) is 0.301. The van der Waals surface area contributed by atoms with Crippen LogP contribution in [0.15, 0.2) is 30.3 Å². The number of amides is 6. The molecular weight excluding hydrogens is 506 g/mol. The first-order valence-electron chi connectivity index (χ1n) is 11.6. The first-order chi connectivity index (χ1) is 17.4. The molecule has 3 saturated heterocycles. The minimum Gasteiger partial charge on any atom is -0.480 e. The number of fused-ring (bicyclic) bond motifs is 1. The summed E-state index contributed by atoms with van der Waals surface area (Å²) < 4.78 is 11.8. The number of hydrogen-bond donors (Lipinski definition) is 3. The Bertz CT molecular complexity index is 1200. The normalized spacial score (nSPS) is 27.3. The Kier molecular flexibility index (Phi) is 6.79. The number of rotatable bonds is 6. The number of piperazine rings is 1. The van der Waals surface area contributed by atoms with Crippen LogP contribution in [0.1, 0.15) is 32.4 Å². The smallest absolute Gasteiger partial charge is 0.328 e. The van der Waals surface area contributed by atoms with E-state index in [4.69, 9.17) is 0 Å². The number of urea groups is 1. The van der Waals surface area contributed by atoms with Gasteiger partial charge in [-0.05, 0) is 26.3 Å². The fourth-order valence-corrected chi connectivity index (χ4v) is 6.77. The molecule has 0 saturated carbocycles. The van der Waals surface area contributed by atoms with Crippen molar-refractivity contribution in [3.05, 3.63) is 35.9 Å². The van der Waals surface area contributed by atoms with E-state index >= 15 is 0 Å². The lowest BCUT2D eigenvalue weighted by molar-refractivity contribution is -0.161. The van der Waals surface area contributed by atoms with Crippen LogP contribution in [0.2, 0.25) is 0 Å². The summed E-state index contributed by atoms with van der Waals surface area (Å²) >= 11 is 0. The van der Waals surface area contributed by atoms with Crippen LogP contribution in [-0.4, -0.2) is 101 Å². The molecule has 3 heterocycles. The molecule has 0 unspecified atom stereocenters. The molecule has 4 rings (SSSR count). The number of nitrogens with zero attached hydrogens (tertiary/aromatic N) is 3. The zero-order valence-electron chi connectivity index (χ0n) is 20.4. The molecule has 3 aliphatic heterocycles. The third kappa shape index (κ3) is 4.24. The van der Waals surface area contributed by atoms with Gasteiger partial charge in [-0.25, -0.2) is 9.59 Å². The Hall–Kier alpha value is -3.81. The summed E-state index contributed by atoms with van der Waals surface area (Å²) in [5, 5.41) is 13.5. The third-order valence-electron chi connectivity index (χ3n) is 6.88. The molecule has 6 amide bonds. The summed E-state index contributed by atoms with van der Waals surface area (Å²) in [7, 11) is -1.80. The minimum absolute atomic E-state index is 0.0594. The highest BCUT2D eigenvalue weighted by Crippen LogP contribution is 2.43. The number of carboxylic acids is 1. The predicted molar refractivity (Wildman–Crippen MR) is 128 cm³/mol. The lowest BCUT2D eigenvalue weighted by atomic mass is 9.95. The molecule has 5 atom stereocenters. The lowest BCUT2D eigenvalue weighted by Gasteiger charge is -2.43. The van der Waals surface area contributed by atoms with Gasteiger partial charge in [0.2, 0.25) is 11.8 Å². The maximum Gasteiger partial charge on any atom is 0.328 e. The summed E-state index contributed by atoms with van der Waals surface area (Å²) in [6, 6.07) is 3.16. The Balaban J connectivity index is 1.54. The molecule has 37 heavy (non-hydrogen) atoms. The Morgan fingerprint density at radius 1 is 1.11 bits per heavy atom. The maximum atomic E-state index is 13.3. The molecule has 3 N–H and O–H groups in total. The molecule has 13 nitrogen and oxygen atoms in total. The van der Waals surface area contributed by atoms with Crippen molar-refractivity contribution < 1.29 is 38.1 Å². The van der Waals surface area contributed by atoms with Gasteiger partial charge in [-0.1, -0.05) is 30.3 Å². The average Bonchev–Trinajstić information content (AvgIpc) is 3.05. The number of hydrogen-bond acceptors (Lipinski definition) is 7. The zero-order valence-corrected chi connectivity index (χ0v) is 21.2. The Labute approximate surface area is 214 Å². The molecule has 0 aromatic heterocycles. The van der Waals surface area contributed by atoms with Crippen LogP contribution in [0.3, 0.4) is 0 Å². The number of carboxylic acid groups (broad SMARTS) is 1. The number of nitrogens with one attached hydrogen (secondary N) is 2. The molecule has 0 radical (unpaired) electrons. The minimum atomic E-state index is -1.80. The van der Waals surface area contributed by atoms with Crippen LogP contribution >= 0.6 is 0 Å². The first kappa shape index (κ1) is 26.3. The molecule has 198 valence electrons. The van der Waals surface area contributed by atoms with Crippen molar-refractivity contribution in [2.75, 3.05) is 19.6 Å². The fourth-order valence-electron chi connectivity index (χ4n) is 4.85. The van der Waals surface area contributed by atoms with Crippen molar-refractivity contribution in [1.29, 1.82) is 0 Å². The van der Waals surface area contributed by atoms with E-state index in [9.17, 15) is 38.1 Å². The summed E-state index contributed by atoms with van der Waals surface area (Å²) in [6.07, 6.45) is 0. The van der Waals surface area contributed by atoms with Gasteiger partial charge in [-0.2, -0.15) is 0 Å². The second-order valence-electron chi connectivity index (χ2n) is 9.40. The Morgan fingerprint density at radius 3 is 2.35 bits per heavy atom. The maximum absolute atomic E-state index is 13.3. The molecular formula is C23H27N5O8S. The fraction of sp³-hybridized carbons (Fsp3) is 0.478. The van der Waals surface area contributed by atoms with Crippen molar-refractivity contribution in [2.24, 2.45) is 0 Å². The standard InChI is InChI=1S/C23H27N5O8S/c1-4-26-10-11-27(19(32)18(26)31)22(35)25-13(12-8-6-5-7-9-12)16(29)24-14-17(30)28-15(21(33)34)23(2,3)37(36)20(14)28/h5-9,13-15,20H,4,10-11H2,1-3H3,(H,24,29)(H,25,35)(H,33,34)/t13-,14-,15+,20-,37+/m1/s1. The number of benzene rings is 1. The summed E-state index contributed by atoms with van der Waals surface area (Å²) in [5.41, 5.74) is 0.333. The summed E-state index contributed by atoms with van der Waals surface area (Å²) in [5.74, 6) is -4.66. The second kappa shape index (κ2) is 9.57. The van der Waals surface area contributed by atoms with E-state index in [1.807, 2.05) is 0 Å². The third-order valence-corrected chi connectivity index (χ3v) is 9.08. The molecule has 0 spiro atoms. The van der Waals surface area contributed by atoms with Gasteiger partial charge >= 0.3 is 23.8 Å². The highest BCUT2D eigenvalue weighted by atomic mass is 32.2. The summed E-state index contributed by atoms with van der Waals surface area (Å²) in [4.78, 5) is 78.6. The van der Waals surface area contributed by atoms with E-state index in [1.165, 1.54) is 18.7 Å². The van der Waals surface area contributed by atoms with Crippen LogP contribution in [0, 0.1) is 0 Å². The van der Waals surface area contributed by atoms with Crippen LogP contribution in [0.5, 0.6) is 0 Å². The van der Waals surface area contributed by atoms with Gasteiger partial charge in [0.25, 0.3) is 0 Å². The van der Waals surface area contributed by atoms with E-state index in [0.717, 1.165) is 9.80 Å². The van der Waals surface area contributed by atoms with Gasteiger partial charge in [-0.3, -0.25) is 28.3 Å². The van der Waals surface area contributed by atoms with Crippen LogP contribution in [0.4, 0.5) is 4.79 Å². The van der Waals surface area contributed by atoms with Crippen LogP contribution < -0.4 is 10.6 Å². The highest BCUT2D eigenvalue weighted by molar-refractivity contribution is 7.87. The Morgan fingerprint density at radius 2 is 1.76 bits per heavy atom. The van der Waals surface area contributed by atoms with Crippen molar-refractivity contribution >= 4 is 46.4 Å². The van der Waals surface area contributed by atoms with Crippen LogP contribution in [0.25, 0.3) is 0 Å². The molecule has 1 aromatic rings.